The summed E-state index contributed by atoms with van der Waals surface area (Å²) in [6.45, 7) is 7.37. The number of anilines is 1. The Bertz CT molecular complexity index is 1740. The molecule has 240 valence electrons. The topological polar surface area (TPSA) is 92.2 Å². The van der Waals surface area contributed by atoms with E-state index in [-0.39, 0.29) is 30.5 Å². The fourth-order valence-electron chi connectivity index (χ4n) is 5.23. The number of hydrogen-bond acceptors (Lipinski definition) is 5. The summed E-state index contributed by atoms with van der Waals surface area (Å²) in [5, 5.41) is 7.34. The highest BCUT2D eigenvalue weighted by Gasteiger charge is 2.23. The molecule has 0 aliphatic carbocycles. The molecule has 1 heterocycles. The average Bonchev–Trinajstić information content (AvgIpc) is 3.39. The van der Waals surface area contributed by atoms with Crippen LogP contribution in [-0.4, -0.2) is 31.7 Å². The lowest BCUT2D eigenvalue weighted by atomic mass is 10.1. The number of rotatable bonds is 13. The Labute approximate surface area is 269 Å². The number of aromatic nitrogens is 3. The van der Waals surface area contributed by atoms with Crippen LogP contribution >= 0.6 is 0 Å². The zero-order valence-corrected chi connectivity index (χ0v) is 25.8. The lowest BCUT2D eigenvalue weighted by Crippen LogP contribution is -2.23. The molecular weight excluding hydrogens is 581 g/mol. The first-order chi connectivity index (χ1) is 21.8. The Kier molecular flexibility index (Phi) is 11.6. The van der Waals surface area contributed by atoms with E-state index in [4.69, 9.17) is 4.74 Å². The summed E-state index contributed by atoms with van der Waals surface area (Å²) >= 11 is 0. The molecule has 8 nitrogen and oxygen atoms in total. The van der Waals surface area contributed by atoms with Gasteiger partial charge in [0.1, 0.15) is 23.1 Å². The molecule has 9 heteroatoms. The summed E-state index contributed by atoms with van der Waals surface area (Å²) in [7, 11) is 0. The van der Waals surface area contributed by atoms with Gasteiger partial charge < -0.3 is 10.1 Å². The van der Waals surface area contributed by atoms with Crippen molar-refractivity contribution in [3.8, 4) is 11.4 Å². The predicted octanol–water partition coefficient (Wildman–Crippen LogP) is 7.67. The van der Waals surface area contributed by atoms with E-state index >= 15 is 4.39 Å². The maximum absolute atomic E-state index is 15.7. The quantitative estimate of drug-likeness (QED) is 0.140. The van der Waals surface area contributed by atoms with Gasteiger partial charge in [-0.3, -0.25) is 14.7 Å². The van der Waals surface area contributed by atoms with Crippen LogP contribution in [0.3, 0.4) is 0 Å². The molecule has 2 N–H and O–H groups in total. The summed E-state index contributed by atoms with van der Waals surface area (Å²) < 4.78 is 22.9. The Balaban J connectivity index is 0.00000480. The number of carbonyl (C=O) groups is 1. The Hall–Kier alpha value is -5.02. The van der Waals surface area contributed by atoms with Gasteiger partial charge in [0.2, 0.25) is 0 Å². The predicted molar refractivity (Wildman–Crippen MR) is 181 cm³/mol. The van der Waals surface area contributed by atoms with Gasteiger partial charge in [-0.1, -0.05) is 99.6 Å². The monoisotopic (exact) mass is 623 g/mol. The van der Waals surface area contributed by atoms with Gasteiger partial charge in [-0.2, -0.15) is 4.68 Å². The van der Waals surface area contributed by atoms with Gasteiger partial charge in [-0.25, -0.2) is 9.18 Å². The molecule has 1 aromatic heterocycles. The molecule has 0 unspecified atom stereocenters. The summed E-state index contributed by atoms with van der Waals surface area (Å²) in [4.78, 5) is 31.5. The molecule has 0 aliphatic heterocycles. The number of aromatic amines is 1. The van der Waals surface area contributed by atoms with Crippen LogP contribution in [0.15, 0.2) is 102 Å². The van der Waals surface area contributed by atoms with E-state index in [1.807, 2.05) is 99.6 Å². The smallest absolute Gasteiger partial charge is 0.348 e. The second-order valence-corrected chi connectivity index (χ2v) is 11.2. The molecule has 4 aromatic carbocycles. The van der Waals surface area contributed by atoms with E-state index in [0.717, 1.165) is 40.3 Å². The maximum atomic E-state index is 15.7. The van der Waals surface area contributed by atoms with Crippen LogP contribution in [0, 0.1) is 12.7 Å². The lowest BCUT2D eigenvalue weighted by molar-refractivity contribution is 0.101. The number of benzene rings is 4. The molecule has 0 saturated heterocycles. The van der Waals surface area contributed by atoms with Crippen molar-refractivity contribution in [1.29, 1.82) is 0 Å². The van der Waals surface area contributed by atoms with Crippen LogP contribution in [0.4, 0.5) is 10.1 Å². The lowest BCUT2D eigenvalue weighted by Gasteiger charge is -2.21. The van der Waals surface area contributed by atoms with Gasteiger partial charge in [0.25, 0.3) is 5.91 Å². The van der Waals surface area contributed by atoms with E-state index in [0.29, 0.717) is 31.1 Å². The first kappa shape index (κ1) is 33.9. The van der Waals surface area contributed by atoms with Crippen molar-refractivity contribution in [2.45, 2.75) is 66.8 Å². The van der Waals surface area contributed by atoms with Crippen LogP contribution in [0.1, 0.15) is 67.0 Å². The molecular formula is C37H42FN5O3. The third kappa shape index (κ3) is 8.57. The van der Waals surface area contributed by atoms with Crippen molar-refractivity contribution in [3.05, 3.63) is 141 Å². The number of carbonyl (C=O) groups excluding carboxylic acids is 1. The van der Waals surface area contributed by atoms with E-state index in [1.165, 1.54) is 6.07 Å². The first-order valence-corrected chi connectivity index (χ1v) is 15.2. The molecule has 0 bridgehead atoms. The Morgan fingerprint density at radius 1 is 0.957 bits per heavy atom. The van der Waals surface area contributed by atoms with Crippen LogP contribution in [0.25, 0.3) is 5.69 Å². The summed E-state index contributed by atoms with van der Waals surface area (Å²) in [5.41, 5.74) is 3.05. The molecule has 46 heavy (non-hydrogen) atoms. The molecule has 0 saturated carbocycles. The van der Waals surface area contributed by atoms with Crippen molar-refractivity contribution in [3.63, 3.8) is 0 Å². The first-order valence-electron chi connectivity index (χ1n) is 15.2. The third-order valence-corrected chi connectivity index (χ3v) is 7.47. The number of H-pyrrole nitrogens is 1. The van der Waals surface area contributed by atoms with Crippen LogP contribution in [-0.2, 0) is 19.6 Å². The van der Waals surface area contributed by atoms with Crippen molar-refractivity contribution in [2.24, 2.45) is 0 Å². The van der Waals surface area contributed by atoms with E-state index < -0.39 is 17.4 Å². The fourth-order valence-corrected chi connectivity index (χ4v) is 5.23. The Morgan fingerprint density at radius 2 is 1.57 bits per heavy atom. The second kappa shape index (κ2) is 15.8. The van der Waals surface area contributed by atoms with Crippen molar-refractivity contribution in [2.75, 3.05) is 5.32 Å². The van der Waals surface area contributed by atoms with Crippen LogP contribution in [0.2, 0.25) is 0 Å². The molecule has 5 aromatic rings. The number of amides is 1. The second-order valence-electron chi connectivity index (χ2n) is 11.2. The minimum Gasteiger partial charge on any atom is -0.490 e. The van der Waals surface area contributed by atoms with E-state index in [1.54, 1.807) is 6.07 Å². The largest absolute Gasteiger partial charge is 0.490 e. The summed E-state index contributed by atoms with van der Waals surface area (Å²) in [5.74, 6) is -0.730. The van der Waals surface area contributed by atoms with Crippen LogP contribution < -0.4 is 15.7 Å². The van der Waals surface area contributed by atoms with Gasteiger partial charge in [0.15, 0.2) is 0 Å². The Morgan fingerprint density at radius 3 is 2.17 bits per heavy atom. The fraction of sp³-hybridized carbons (Fsp3) is 0.270. The van der Waals surface area contributed by atoms with Crippen molar-refractivity contribution >= 4 is 11.6 Å². The average molecular weight is 624 g/mol. The van der Waals surface area contributed by atoms with Crippen molar-refractivity contribution < 1.29 is 13.9 Å². The number of nitrogens with one attached hydrogen (secondary N) is 2. The van der Waals surface area contributed by atoms with Crippen molar-refractivity contribution in [1.82, 2.24) is 19.7 Å². The SMILES string of the molecule is C.CCC[C@H](C)Oc1cc(-n2nc(CN(Cc3ccccc3)Cc3ccccc3)[nH]c2=O)c(F)cc1C(=O)Nc1ccccc1C. The normalized spacial score (nSPS) is 11.6. The minimum atomic E-state index is -0.772. The zero-order valence-electron chi connectivity index (χ0n) is 25.8. The zero-order chi connectivity index (χ0) is 31.8. The molecule has 0 fully saturated rings. The van der Waals surface area contributed by atoms with E-state index in [2.05, 4.69) is 20.3 Å². The number of ether oxygens (including phenoxy) is 1. The van der Waals surface area contributed by atoms with Gasteiger partial charge in [-0.05, 0) is 49.1 Å². The van der Waals surface area contributed by atoms with Gasteiger partial charge in [0, 0.05) is 24.8 Å². The highest BCUT2D eigenvalue weighted by Crippen LogP contribution is 2.28. The summed E-state index contributed by atoms with van der Waals surface area (Å²) in [6.07, 6.45) is 1.36. The number of hydrogen-bond donors (Lipinski definition) is 2. The number of para-hydroxylation sites is 1. The van der Waals surface area contributed by atoms with Crippen LogP contribution in [0.5, 0.6) is 5.75 Å². The molecule has 0 spiro atoms. The highest BCUT2D eigenvalue weighted by molar-refractivity contribution is 6.06. The number of nitrogens with zero attached hydrogens (tertiary/aromatic N) is 3. The number of halogens is 1. The molecule has 5 rings (SSSR count). The molecule has 0 aliphatic rings. The highest BCUT2D eigenvalue weighted by atomic mass is 19.1. The van der Waals surface area contributed by atoms with Gasteiger partial charge in [-0.15, -0.1) is 5.10 Å². The molecule has 0 radical (unpaired) electrons. The standard InChI is InChI=1S/C36H38FN5O3.CH4/c1-4-13-26(3)45-33-21-32(30(37)20-29(33)35(43)38-31-19-12-11-14-25(31)2)42-36(44)39-34(40-42)24-41(22-27-15-7-5-8-16-27)23-28-17-9-6-10-18-28;/h5-12,14-21,26H,4,13,22-24H2,1-3H3,(H,38,43)(H,39,40,44);1H4/t26-;/m0./s1. The van der Waals surface area contributed by atoms with Gasteiger partial charge >= 0.3 is 5.69 Å². The minimum absolute atomic E-state index is 0. The van der Waals surface area contributed by atoms with Gasteiger partial charge in [0.05, 0.1) is 18.2 Å². The molecule has 1 amide bonds. The summed E-state index contributed by atoms with van der Waals surface area (Å²) in [6, 6.07) is 29.9. The van der Waals surface area contributed by atoms with E-state index in [9.17, 15) is 9.59 Å². The maximum Gasteiger partial charge on any atom is 0.348 e. The molecule has 1 atom stereocenters. The third-order valence-electron chi connectivity index (χ3n) is 7.47. The number of aryl methyl sites for hydroxylation is 1.